The van der Waals surface area contributed by atoms with Crippen molar-refractivity contribution in [3.05, 3.63) is 0 Å². The molecule has 0 bridgehead atoms. The minimum Gasteiger partial charge on any atom is -0.481 e. The van der Waals surface area contributed by atoms with Gasteiger partial charge in [0.25, 0.3) is 0 Å². The third-order valence-corrected chi connectivity index (χ3v) is 2.98. The number of hydrogen-bond acceptors (Lipinski definition) is 2. The zero-order valence-electron chi connectivity index (χ0n) is 8.49. The fourth-order valence-electron chi connectivity index (χ4n) is 1.79. The summed E-state index contributed by atoms with van der Waals surface area (Å²) in [5.74, 6) is 0.00454. The molecule has 3 heteroatoms. The smallest absolute Gasteiger partial charge is 0.309 e. The van der Waals surface area contributed by atoms with Gasteiger partial charge >= 0.3 is 5.97 Å². The highest BCUT2D eigenvalue weighted by molar-refractivity contribution is 5.71. The number of carboxylic acid groups (broad SMARTS) is 1. The van der Waals surface area contributed by atoms with E-state index in [4.69, 9.17) is 5.11 Å². The van der Waals surface area contributed by atoms with Gasteiger partial charge in [-0.25, -0.2) is 0 Å². The van der Waals surface area contributed by atoms with Gasteiger partial charge in [0.2, 0.25) is 0 Å². The van der Waals surface area contributed by atoms with Gasteiger partial charge in [-0.15, -0.1) is 0 Å². The van der Waals surface area contributed by atoms with E-state index in [1.54, 1.807) is 0 Å². The number of carbonyl (C=O) groups is 1. The first-order chi connectivity index (χ1) is 6.17. The molecule has 0 spiro atoms. The van der Waals surface area contributed by atoms with Gasteiger partial charge in [0.05, 0.1) is 5.92 Å². The first-order valence-electron chi connectivity index (χ1n) is 5.12. The van der Waals surface area contributed by atoms with E-state index in [0.29, 0.717) is 0 Å². The predicted octanol–water partition coefficient (Wildman–Crippen LogP) is 1.44. The lowest BCUT2D eigenvalue weighted by molar-refractivity contribution is -0.147. The highest BCUT2D eigenvalue weighted by Gasteiger charge is 2.32. The number of rotatable bonds is 5. The molecular formula is C10H19NO2. The molecule has 0 saturated carbocycles. The number of carboxylic acids is 1. The van der Waals surface area contributed by atoms with Crippen LogP contribution in [-0.4, -0.2) is 35.6 Å². The van der Waals surface area contributed by atoms with E-state index in [1.165, 1.54) is 12.8 Å². The summed E-state index contributed by atoms with van der Waals surface area (Å²) in [5, 5.41) is 8.67. The molecular weight excluding hydrogens is 166 g/mol. The topological polar surface area (TPSA) is 40.5 Å². The Morgan fingerprint density at radius 3 is 2.38 bits per heavy atom. The largest absolute Gasteiger partial charge is 0.481 e. The van der Waals surface area contributed by atoms with E-state index in [0.717, 1.165) is 25.6 Å². The monoisotopic (exact) mass is 185 g/mol. The third kappa shape index (κ3) is 2.69. The van der Waals surface area contributed by atoms with Crippen molar-refractivity contribution < 1.29 is 9.90 Å². The van der Waals surface area contributed by atoms with Crippen LogP contribution < -0.4 is 0 Å². The fraction of sp³-hybridized carbons (Fsp3) is 0.900. The highest BCUT2D eigenvalue weighted by atomic mass is 16.4. The first-order valence-corrected chi connectivity index (χ1v) is 5.12. The Labute approximate surface area is 79.7 Å². The van der Waals surface area contributed by atoms with E-state index in [-0.39, 0.29) is 5.92 Å². The maximum absolute atomic E-state index is 10.5. The Bertz CT molecular complexity index is 172. The minimum absolute atomic E-state index is 0.102. The van der Waals surface area contributed by atoms with E-state index in [9.17, 15) is 4.79 Å². The fourth-order valence-corrected chi connectivity index (χ4v) is 1.79. The zero-order valence-corrected chi connectivity index (χ0v) is 8.49. The second-order valence-corrected chi connectivity index (χ2v) is 3.94. The summed E-state index contributed by atoms with van der Waals surface area (Å²) in [6.45, 7) is 6.99. The molecule has 0 aromatic rings. The van der Waals surface area contributed by atoms with Gasteiger partial charge in [0.15, 0.2) is 0 Å². The molecule has 0 radical (unpaired) electrons. The molecule has 3 nitrogen and oxygen atoms in total. The van der Waals surface area contributed by atoms with Gasteiger partial charge in [0.1, 0.15) is 0 Å². The molecule has 0 aromatic carbocycles. The van der Waals surface area contributed by atoms with Crippen LogP contribution in [0.15, 0.2) is 0 Å². The molecule has 0 atom stereocenters. The molecule has 0 unspecified atom stereocenters. The average molecular weight is 185 g/mol. The Balaban J connectivity index is 2.17. The maximum Gasteiger partial charge on any atom is 0.309 e. The molecule has 1 aliphatic heterocycles. The Morgan fingerprint density at radius 2 is 2.00 bits per heavy atom. The molecule has 1 aliphatic rings. The Kier molecular flexibility index (Phi) is 3.72. The van der Waals surface area contributed by atoms with Gasteiger partial charge < -0.3 is 10.0 Å². The zero-order chi connectivity index (χ0) is 9.84. The lowest BCUT2D eigenvalue weighted by Gasteiger charge is -2.38. The van der Waals surface area contributed by atoms with Gasteiger partial charge in [-0.1, -0.05) is 26.7 Å². The van der Waals surface area contributed by atoms with Crippen LogP contribution in [0.5, 0.6) is 0 Å². The lowest BCUT2D eigenvalue weighted by atomic mass is 9.96. The molecule has 76 valence electrons. The average Bonchev–Trinajstić information content (AvgIpc) is 2.02. The molecule has 1 heterocycles. The van der Waals surface area contributed by atoms with Crippen LogP contribution in [0.4, 0.5) is 0 Å². The second-order valence-electron chi connectivity index (χ2n) is 3.94. The number of hydrogen-bond donors (Lipinski definition) is 1. The molecule has 1 fully saturated rings. The van der Waals surface area contributed by atoms with Crippen molar-refractivity contribution in [2.24, 2.45) is 11.8 Å². The quantitative estimate of drug-likeness (QED) is 0.704. The van der Waals surface area contributed by atoms with Crippen LogP contribution in [0.1, 0.15) is 26.7 Å². The van der Waals surface area contributed by atoms with Gasteiger partial charge in [-0.05, 0) is 5.92 Å². The maximum atomic E-state index is 10.5. The number of nitrogens with zero attached hydrogens (tertiary/aromatic N) is 1. The van der Waals surface area contributed by atoms with Gasteiger partial charge in [-0.2, -0.15) is 0 Å². The number of likely N-dealkylation sites (tertiary alicyclic amines) is 1. The van der Waals surface area contributed by atoms with Crippen molar-refractivity contribution in [1.29, 1.82) is 0 Å². The summed E-state index contributed by atoms with van der Waals surface area (Å²) in [6.07, 6.45) is 2.40. The second kappa shape index (κ2) is 4.61. The summed E-state index contributed by atoms with van der Waals surface area (Å²) < 4.78 is 0. The molecule has 1 saturated heterocycles. The third-order valence-electron chi connectivity index (χ3n) is 2.98. The summed E-state index contributed by atoms with van der Waals surface area (Å²) in [5.41, 5.74) is 0. The van der Waals surface area contributed by atoms with Crippen molar-refractivity contribution >= 4 is 5.97 Å². The normalized spacial score (nSPS) is 19.0. The highest BCUT2D eigenvalue weighted by Crippen LogP contribution is 2.19. The molecule has 0 amide bonds. The van der Waals surface area contributed by atoms with Crippen molar-refractivity contribution in [3.63, 3.8) is 0 Å². The SMILES string of the molecule is CCC(CC)CN1CC(C(=O)O)C1. The standard InChI is InChI=1S/C10H19NO2/c1-3-8(4-2)5-11-6-9(7-11)10(12)13/h8-9H,3-7H2,1-2H3,(H,12,13). The van der Waals surface area contributed by atoms with Crippen molar-refractivity contribution in [1.82, 2.24) is 4.90 Å². The lowest BCUT2D eigenvalue weighted by Crippen LogP contribution is -2.51. The van der Waals surface area contributed by atoms with Crippen molar-refractivity contribution in [3.8, 4) is 0 Å². The van der Waals surface area contributed by atoms with Crippen LogP contribution in [0.25, 0.3) is 0 Å². The first kappa shape index (κ1) is 10.5. The Hall–Kier alpha value is -0.570. The van der Waals surface area contributed by atoms with Crippen LogP contribution in [0.3, 0.4) is 0 Å². The molecule has 0 aromatic heterocycles. The minimum atomic E-state index is -0.638. The summed E-state index contributed by atoms with van der Waals surface area (Å²) >= 11 is 0. The van der Waals surface area contributed by atoms with Crippen molar-refractivity contribution in [2.75, 3.05) is 19.6 Å². The van der Waals surface area contributed by atoms with E-state index >= 15 is 0 Å². The van der Waals surface area contributed by atoms with Crippen molar-refractivity contribution in [2.45, 2.75) is 26.7 Å². The summed E-state index contributed by atoms with van der Waals surface area (Å²) in [6, 6.07) is 0. The Morgan fingerprint density at radius 1 is 1.46 bits per heavy atom. The van der Waals surface area contributed by atoms with Crippen LogP contribution in [0.2, 0.25) is 0 Å². The van der Waals surface area contributed by atoms with Gasteiger partial charge in [-0.3, -0.25) is 4.79 Å². The predicted molar refractivity (Wildman–Crippen MR) is 51.6 cm³/mol. The molecule has 0 aliphatic carbocycles. The molecule has 1 rings (SSSR count). The van der Waals surface area contributed by atoms with Crippen LogP contribution >= 0.6 is 0 Å². The van der Waals surface area contributed by atoms with E-state index in [1.807, 2.05) is 0 Å². The van der Waals surface area contributed by atoms with Crippen LogP contribution in [-0.2, 0) is 4.79 Å². The number of aliphatic carboxylic acids is 1. The molecule has 1 N–H and O–H groups in total. The van der Waals surface area contributed by atoms with E-state index < -0.39 is 5.97 Å². The summed E-state index contributed by atoms with van der Waals surface area (Å²) in [7, 11) is 0. The van der Waals surface area contributed by atoms with Crippen LogP contribution in [0, 0.1) is 11.8 Å². The summed E-state index contributed by atoms with van der Waals surface area (Å²) in [4.78, 5) is 12.8. The molecule has 13 heavy (non-hydrogen) atoms. The van der Waals surface area contributed by atoms with Gasteiger partial charge in [0, 0.05) is 19.6 Å². The van der Waals surface area contributed by atoms with E-state index in [2.05, 4.69) is 18.7 Å².